The number of hydrogen-bond acceptors (Lipinski definition) is 4. The Morgan fingerprint density at radius 2 is 1.93 bits per heavy atom. The molecule has 154 valence electrons. The molecule has 0 spiro atoms. The van der Waals surface area contributed by atoms with Crippen molar-refractivity contribution in [3.8, 4) is 11.5 Å². The molecule has 4 rings (SSSR count). The number of hydrogen-bond donors (Lipinski definition) is 1. The van der Waals surface area contributed by atoms with Crippen LogP contribution < -0.4 is 14.8 Å². The van der Waals surface area contributed by atoms with E-state index in [4.69, 9.17) is 14.2 Å². The monoisotopic (exact) mass is 387 g/mol. The molecule has 1 saturated carbocycles. The van der Waals surface area contributed by atoms with Gasteiger partial charge in [-0.15, -0.1) is 0 Å². The fourth-order valence-corrected chi connectivity index (χ4v) is 5.03. The average Bonchev–Trinajstić information content (AvgIpc) is 2.66. The number of carbonyl (C=O) groups excluding carboxylic acids is 1. The first-order chi connectivity index (χ1) is 13.4. The molecule has 0 radical (unpaired) electrons. The van der Waals surface area contributed by atoms with Gasteiger partial charge in [-0.05, 0) is 43.4 Å². The number of nitrogens with one attached hydrogen (secondary N) is 1. The molecule has 1 N–H and O–H groups in total. The minimum Gasteiger partial charge on any atom is -0.486 e. The number of benzene rings is 1. The van der Waals surface area contributed by atoms with Gasteiger partial charge in [0.1, 0.15) is 13.2 Å². The fourth-order valence-electron chi connectivity index (χ4n) is 5.03. The first-order valence-electron chi connectivity index (χ1n) is 10.7. The summed E-state index contributed by atoms with van der Waals surface area (Å²) < 4.78 is 18.1. The van der Waals surface area contributed by atoms with Gasteiger partial charge >= 0.3 is 0 Å². The third kappa shape index (κ3) is 3.73. The summed E-state index contributed by atoms with van der Waals surface area (Å²) in [6, 6.07) is 6.11. The van der Waals surface area contributed by atoms with E-state index in [9.17, 15) is 4.79 Å². The molecule has 2 aliphatic heterocycles. The van der Waals surface area contributed by atoms with Gasteiger partial charge in [0.05, 0.1) is 12.2 Å². The molecule has 3 aliphatic rings. The van der Waals surface area contributed by atoms with E-state index in [2.05, 4.69) is 31.3 Å². The molecule has 5 nitrogen and oxygen atoms in total. The minimum absolute atomic E-state index is 0.0200. The maximum absolute atomic E-state index is 12.6. The lowest BCUT2D eigenvalue weighted by molar-refractivity contribution is -0.155. The van der Waals surface area contributed by atoms with Crippen LogP contribution in [0.3, 0.4) is 0 Å². The lowest BCUT2D eigenvalue weighted by Crippen LogP contribution is -2.61. The Hall–Kier alpha value is -1.75. The van der Waals surface area contributed by atoms with Crippen molar-refractivity contribution >= 4 is 5.91 Å². The van der Waals surface area contributed by atoms with E-state index in [-0.39, 0.29) is 29.6 Å². The van der Waals surface area contributed by atoms with Crippen LogP contribution in [0.4, 0.5) is 0 Å². The normalized spacial score (nSPS) is 34.6. The van der Waals surface area contributed by atoms with Gasteiger partial charge in [0, 0.05) is 23.8 Å². The Balaban J connectivity index is 1.62. The molecule has 2 fully saturated rings. The first kappa shape index (κ1) is 19.6. The Labute approximate surface area is 168 Å². The highest BCUT2D eigenvalue weighted by atomic mass is 16.6. The largest absolute Gasteiger partial charge is 0.486 e. The van der Waals surface area contributed by atoms with Crippen molar-refractivity contribution < 1.29 is 19.0 Å². The number of amides is 1. The van der Waals surface area contributed by atoms with Crippen LogP contribution in [0.1, 0.15) is 65.0 Å². The van der Waals surface area contributed by atoms with Gasteiger partial charge in [-0.25, -0.2) is 0 Å². The first-order valence-corrected chi connectivity index (χ1v) is 10.7. The summed E-state index contributed by atoms with van der Waals surface area (Å²) in [4.78, 5) is 12.6. The molecule has 0 bridgehead atoms. The van der Waals surface area contributed by atoms with Gasteiger partial charge in [0.15, 0.2) is 11.5 Å². The highest BCUT2D eigenvalue weighted by Crippen LogP contribution is 2.48. The molecule has 1 aromatic rings. The van der Waals surface area contributed by atoms with Crippen LogP contribution in [0.25, 0.3) is 0 Å². The average molecular weight is 388 g/mol. The predicted molar refractivity (Wildman–Crippen MR) is 108 cm³/mol. The predicted octanol–water partition coefficient (Wildman–Crippen LogP) is 4.25. The van der Waals surface area contributed by atoms with Crippen molar-refractivity contribution in [1.29, 1.82) is 0 Å². The molecule has 5 atom stereocenters. The van der Waals surface area contributed by atoms with Crippen LogP contribution in [0.2, 0.25) is 0 Å². The van der Waals surface area contributed by atoms with E-state index in [1.54, 1.807) is 0 Å². The van der Waals surface area contributed by atoms with Crippen molar-refractivity contribution in [2.24, 2.45) is 17.8 Å². The summed E-state index contributed by atoms with van der Waals surface area (Å²) in [6.45, 7) is 9.60. The fraction of sp³-hybridized carbons (Fsp3) is 0.696. The zero-order valence-electron chi connectivity index (χ0n) is 17.5. The molecule has 1 aromatic carbocycles. The molecule has 1 amide bonds. The van der Waals surface area contributed by atoms with Crippen molar-refractivity contribution in [2.75, 3.05) is 13.2 Å². The third-order valence-corrected chi connectivity index (χ3v) is 6.69. The van der Waals surface area contributed by atoms with Crippen LogP contribution in [0.5, 0.6) is 11.5 Å². The zero-order chi connectivity index (χ0) is 19.9. The van der Waals surface area contributed by atoms with Crippen molar-refractivity contribution in [1.82, 2.24) is 5.32 Å². The van der Waals surface area contributed by atoms with Gasteiger partial charge in [-0.2, -0.15) is 0 Å². The number of rotatable bonds is 3. The number of carbonyl (C=O) groups is 1. The second kappa shape index (κ2) is 7.58. The van der Waals surface area contributed by atoms with E-state index in [1.807, 2.05) is 19.9 Å². The molecule has 1 aliphatic carbocycles. The Kier molecular flexibility index (Phi) is 5.30. The van der Waals surface area contributed by atoms with Crippen molar-refractivity contribution in [3.05, 3.63) is 23.8 Å². The Bertz CT molecular complexity index is 733. The number of fused-ring (bicyclic) bond motifs is 2. The Morgan fingerprint density at radius 3 is 2.68 bits per heavy atom. The SMILES string of the molecule is CC(C)C(=O)N[C@]1(C)C[C@H](c2ccc3c(c2)OCCO3)O[C@@H]2C[C@H](C)CC[C@H]21. The second-order valence-corrected chi connectivity index (χ2v) is 9.36. The van der Waals surface area contributed by atoms with E-state index in [0.717, 1.165) is 36.3 Å². The highest BCUT2D eigenvalue weighted by molar-refractivity contribution is 5.78. The highest BCUT2D eigenvalue weighted by Gasteiger charge is 2.49. The van der Waals surface area contributed by atoms with Gasteiger partial charge < -0.3 is 19.5 Å². The van der Waals surface area contributed by atoms with E-state index < -0.39 is 0 Å². The summed E-state index contributed by atoms with van der Waals surface area (Å²) >= 11 is 0. The third-order valence-electron chi connectivity index (χ3n) is 6.69. The van der Waals surface area contributed by atoms with Crippen LogP contribution in [-0.4, -0.2) is 30.8 Å². The second-order valence-electron chi connectivity index (χ2n) is 9.36. The molecule has 1 saturated heterocycles. The lowest BCUT2D eigenvalue weighted by Gasteiger charge is -2.52. The van der Waals surface area contributed by atoms with E-state index in [1.165, 1.54) is 6.42 Å². The smallest absolute Gasteiger partial charge is 0.222 e. The molecular formula is C23H33NO4. The van der Waals surface area contributed by atoms with Gasteiger partial charge in [0.25, 0.3) is 0 Å². The maximum atomic E-state index is 12.6. The maximum Gasteiger partial charge on any atom is 0.222 e. The van der Waals surface area contributed by atoms with Crippen molar-refractivity contribution in [2.45, 2.75) is 71.1 Å². The van der Waals surface area contributed by atoms with Gasteiger partial charge in [-0.3, -0.25) is 4.79 Å². The van der Waals surface area contributed by atoms with Crippen LogP contribution >= 0.6 is 0 Å². The molecule has 0 aromatic heterocycles. The molecular weight excluding hydrogens is 354 g/mol. The summed E-state index contributed by atoms with van der Waals surface area (Å²) in [7, 11) is 0. The molecule has 0 unspecified atom stereocenters. The van der Waals surface area contributed by atoms with Crippen molar-refractivity contribution in [3.63, 3.8) is 0 Å². The van der Waals surface area contributed by atoms with Crippen LogP contribution in [0.15, 0.2) is 18.2 Å². The molecule has 5 heteroatoms. The Morgan fingerprint density at radius 1 is 1.18 bits per heavy atom. The van der Waals surface area contributed by atoms with E-state index >= 15 is 0 Å². The van der Waals surface area contributed by atoms with Crippen LogP contribution in [-0.2, 0) is 9.53 Å². The lowest BCUT2D eigenvalue weighted by atomic mass is 9.66. The minimum atomic E-state index is -0.262. The van der Waals surface area contributed by atoms with Gasteiger partial charge in [-0.1, -0.05) is 33.3 Å². The van der Waals surface area contributed by atoms with Crippen LogP contribution in [0, 0.1) is 17.8 Å². The number of ether oxygens (including phenoxy) is 3. The summed E-state index contributed by atoms with van der Waals surface area (Å²) in [5, 5.41) is 3.40. The standard InChI is InChI=1S/C23H33NO4/c1-14(2)22(25)24-23(4)13-21(28-19-11-15(3)5-7-17(19)23)16-6-8-18-20(12-16)27-10-9-26-18/h6,8,12,14-15,17,19,21H,5,7,9-11,13H2,1-4H3,(H,24,25)/t15-,17-,19-,21-,23-/m1/s1. The van der Waals surface area contributed by atoms with E-state index in [0.29, 0.717) is 25.0 Å². The zero-order valence-corrected chi connectivity index (χ0v) is 17.5. The molecule has 2 heterocycles. The molecule has 28 heavy (non-hydrogen) atoms. The quantitative estimate of drug-likeness (QED) is 0.842. The summed E-state index contributed by atoms with van der Waals surface area (Å²) in [5.41, 5.74) is 0.841. The van der Waals surface area contributed by atoms with Gasteiger partial charge in [0.2, 0.25) is 5.91 Å². The topological polar surface area (TPSA) is 56.8 Å². The summed E-state index contributed by atoms with van der Waals surface area (Å²) in [6.07, 6.45) is 4.26. The summed E-state index contributed by atoms with van der Waals surface area (Å²) in [5.74, 6) is 2.71.